The average Bonchev–Trinajstić information content (AvgIpc) is 2.84. The van der Waals surface area contributed by atoms with Crippen LogP contribution in [-0.2, 0) is 21.2 Å². The average molecular weight is 404 g/mol. The SMILES string of the molecule is Cc1nn(-c2ccc(S(N)(=O)=O)cc2)c(C)c1CCC(=O)NCC(F)(F)F. The zero-order chi connectivity index (χ0) is 20.4. The maximum Gasteiger partial charge on any atom is 0.405 e. The molecule has 0 radical (unpaired) electrons. The maximum atomic E-state index is 12.1. The van der Waals surface area contributed by atoms with Gasteiger partial charge >= 0.3 is 6.18 Å². The molecule has 2 aromatic rings. The fourth-order valence-corrected chi connectivity index (χ4v) is 3.11. The van der Waals surface area contributed by atoms with Gasteiger partial charge in [-0.2, -0.15) is 18.3 Å². The first-order chi connectivity index (χ1) is 12.4. The molecule has 1 aromatic carbocycles. The second-order valence-corrected chi connectivity index (χ2v) is 7.55. The second-order valence-electron chi connectivity index (χ2n) is 5.99. The molecule has 0 atom stereocenters. The van der Waals surface area contributed by atoms with E-state index in [1.54, 1.807) is 30.7 Å². The lowest BCUT2D eigenvalue weighted by Crippen LogP contribution is -2.33. The highest BCUT2D eigenvalue weighted by Gasteiger charge is 2.27. The number of nitrogens with two attached hydrogens (primary N) is 1. The van der Waals surface area contributed by atoms with E-state index in [1.807, 2.05) is 5.32 Å². The largest absolute Gasteiger partial charge is 0.405 e. The number of amides is 1. The number of halogens is 3. The Balaban J connectivity index is 2.13. The zero-order valence-corrected chi connectivity index (χ0v) is 15.5. The van der Waals surface area contributed by atoms with Crippen LogP contribution >= 0.6 is 0 Å². The van der Waals surface area contributed by atoms with E-state index in [1.165, 1.54) is 12.1 Å². The smallest absolute Gasteiger partial charge is 0.347 e. The Morgan fingerprint density at radius 3 is 2.33 bits per heavy atom. The van der Waals surface area contributed by atoms with Crippen LogP contribution < -0.4 is 10.5 Å². The van der Waals surface area contributed by atoms with Crippen molar-refractivity contribution < 1.29 is 26.4 Å². The van der Waals surface area contributed by atoms with Gasteiger partial charge in [-0.05, 0) is 50.1 Å². The summed E-state index contributed by atoms with van der Waals surface area (Å²) in [6, 6.07) is 5.79. The number of alkyl halides is 3. The molecule has 0 aliphatic carbocycles. The van der Waals surface area contributed by atoms with Gasteiger partial charge in [0.25, 0.3) is 0 Å². The summed E-state index contributed by atoms with van der Waals surface area (Å²) >= 11 is 0. The van der Waals surface area contributed by atoms with E-state index in [9.17, 15) is 26.4 Å². The lowest BCUT2D eigenvalue weighted by molar-refractivity contribution is -0.138. The Morgan fingerprint density at radius 1 is 1.22 bits per heavy atom. The van der Waals surface area contributed by atoms with Gasteiger partial charge in [0, 0.05) is 12.1 Å². The van der Waals surface area contributed by atoms with Gasteiger partial charge in [-0.15, -0.1) is 0 Å². The van der Waals surface area contributed by atoms with Gasteiger partial charge < -0.3 is 5.32 Å². The van der Waals surface area contributed by atoms with Gasteiger partial charge in [0.1, 0.15) is 6.54 Å². The van der Waals surface area contributed by atoms with E-state index >= 15 is 0 Å². The van der Waals surface area contributed by atoms with Crippen molar-refractivity contribution >= 4 is 15.9 Å². The number of carbonyl (C=O) groups is 1. The summed E-state index contributed by atoms with van der Waals surface area (Å²) in [5.74, 6) is -0.698. The van der Waals surface area contributed by atoms with Crippen LogP contribution in [0.15, 0.2) is 29.2 Å². The van der Waals surface area contributed by atoms with Gasteiger partial charge in [-0.1, -0.05) is 0 Å². The molecule has 3 N–H and O–H groups in total. The van der Waals surface area contributed by atoms with E-state index < -0.39 is 28.7 Å². The second kappa shape index (κ2) is 7.69. The summed E-state index contributed by atoms with van der Waals surface area (Å²) in [6.07, 6.45) is -4.32. The lowest BCUT2D eigenvalue weighted by atomic mass is 10.1. The van der Waals surface area contributed by atoms with E-state index in [4.69, 9.17) is 5.14 Å². The number of benzene rings is 1. The molecule has 0 aliphatic rings. The van der Waals surface area contributed by atoms with E-state index in [0.717, 1.165) is 5.56 Å². The topological polar surface area (TPSA) is 107 Å². The Labute approximate surface area is 154 Å². The summed E-state index contributed by atoms with van der Waals surface area (Å²) in [7, 11) is -3.80. The molecule has 1 amide bonds. The Bertz CT molecular complexity index is 935. The van der Waals surface area contributed by atoms with Crippen molar-refractivity contribution in [1.82, 2.24) is 15.1 Å². The van der Waals surface area contributed by atoms with Crippen molar-refractivity contribution in [1.29, 1.82) is 0 Å². The number of sulfonamides is 1. The number of carbonyl (C=O) groups excluding carboxylic acids is 1. The molecule has 148 valence electrons. The van der Waals surface area contributed by atoms with Crippen LogP contribution in [0.25, 0.3) is 5.69 Å². The van der Waals surface area contributed by atoms with Crippen molar-refractivity contribution in [2.45, 2.75) is 37.8 Å². The number of hydrogen-bond acceptors (Lipinski definition) is 4. The van der Waals surface area contributed by atoms with Crippen molar-refractivity contribution in [3.05, 3.63) is 41.2 Å². The standard InChI is InChI=1S/C16H19F3N4O3S/c1-10-14(7-8-15(24)21-9-16(17,18)19)11(2)23(22-10)12-3-5-13(6-4-12)27(20,25)26/h3-6H,7-9H2,1-2H3,(H,21,24)(H2,20,25,26). The van der Waals surface area contributed by atoms with Crippen LogP contribution in [0.3, 0.4) is 0 Å². The predicted octanol–water partition coefficient (Wildman–Crippen LogP) is 1.75. The highest BCUT2D eigenvalue weighted by atomic mass is 32.2. The van der Waals surface area contributed by atoms with Crippen molar-refractivity contribution in [2.75, 3.05) is 6.54 Å². The summed E-state index contributed by atoms with van der Waals surface area (Å²) < 4.78 is 60.6. The Morgan fingerprint density at radius 2 is 1.81 bits per heavy atom. The molecule has 0 aliphatic heterocycles. The predicted molar refractivity (Wildman–Crippen MR) is 91.8 cm³/mol. The monoisotopic (exact) mass is 404 g/mol. The third kappa shape index (κ3) is 5.54. The minimum Gasteiger partial charge on any atom is -0.347 e. The third-order valence-corrected chi connectivity index (χ3v) is 4.87. The molecule has 0 saturated heterocycles. The van der Waals surface area contributed by atoms with Crippen LogP contribution in [0.5, 0.6) is 0 Å². The van der Waals surface area contributed by atoms with Gasteiger partial charge in [-0.3, -0.25) is 4.79 Å². The third-order valence-electron chi connectivity index (χ3n) is 3.94. The summed E-state index contributed by atoms with van der Waals surface area (Å²) in [4.78, 5) is 11.6. The molecule has 1 heterocycles. The van der Waals surface area contributed by atoms with Crippen LogP contribution in [0.2, 0.25) is 0 Å². The highest BCUT2D eigenvalue weighted by Crippen LogP contribution is 2.20. The summed E-state index contributed by atoms with van der Waals surface area (Å²) in [5.41, 5.74) is 2.68. The maximum absolute atomic E-state index is 12.1. The molecule has 0 spiro atoms. The first-order valence-corrected chi connectivity index (χ1v) is 9.45. The van der Waals surface area contributed by atoms with Gasteiger partial charge in [0.05, 0.1) is 16.3 Å². The lowest BCUT2D eigenvalue weighted by Gasteiger charge is -2.09. The van der Waals surface area contributed by atoms with Gasteiger partial charge in [-0.25, -0.2) is 18.2 Å². The molecule has 1 aromatic heterocycles. The number of rotatable bonds is 6. The van der Waals surface area contributed by atoms with Crippen LogP contribution in [-0.4, -0.2) is 36.8 Å². The van der Waals surface area contributed by atoms with Crippen LogP contribution in [0.1, 0.15) is 23.4 Å². The molecule has 7 nitrogen and oxygen atoms in total. The molecular formula is C16H19F3N4O3S. The van der Waals surface area contributed by atoms with Crippen LogP contribution in [0, 0.1) is 13.8 Å². The van der Waals surface area contributed by atoms with E-state index in [2.05, 4.69) is 5.10 Å². The number of nitrogens with zero attached hydrogens (tertiary/aromatic N) is 2. The molecule has 2 rings (SSSR count). The minimum absolute atomic E-state index is 0.0330. The number of aromatic nitrogens is 2. The molecule has 27 heavy (non-hydrogen) atoms. The van der Waals surface area contributed by atoms with Crippen molar-refractivity contribution in [3.8, 4) is 5.69 Å². The number of hydrogen-bond donors (Lipinski definition) is 2. The fourth-order valence-electron chi connectivity index (χ4n) is 2.59. The number of primary sulfonamides is 1. The molecule has 0 saturated carbocycles. The summed E-state index contributed by atoms with van der Waals surface area (Å²) in [6.45, 7) is 2.13. The van der Waals surface area contributed by atoms with E-state index in [-0.39, 0.29) is 17.7 Å². The first kappa shape index (κ1) is 20.9. The Kier molecular flexibility index (Phi) is 5.95. The fraction of sp³-hybridized carbons (Fsp3) is 0.375. The van der Waals surface area contributed by atoms with Gasteiger partial charge in [0.2, 0.25) is 15.9 Å². The van der Waals surface area contributed by atoms with Gasteiger partial charge in [0.15, 0.2) is 0 Å². The number of nitrogens with one attached hydrogen (secondary N) is 1. The minimum atomic E-state index is -4.45. The quantitative estimate of drug-likeness (QED) is 0.765. The normalized spacial score (nSPS) is 12.2. The zero-order valence-electron chi connectivity index (χ0n) is 14.7. The summed E-state index contributed by atoms with van der Waals surface area (Å²) in [5, 5.41) is 11.3. The molecule has 0 fully saturated rings. The Hall–Kier alpha value is -2.40. The number of aryl methyl sites for hydroxylation is 1. The molecular weight excluding hydrogens is 385 g/mol. The molecule has 0 bridgehead atoms. The van der Waals surface area contributed by atoms with Crippen molar-refractivity contribution in [3.63, 3.8) is 0 Å². The highest BCUT2D eigenvalue weighted by molar-refractivity contribution is 7.89. The first-order valence-electron chi connectivity index (χ1n) is 7.90. The van der Waals surface area contributed by atoms with E-state index in [0.29, 0.717) is 17.1 Å². The van der Waals surface area contributed by atoms with Crippen LogP contribution in [0.4, 0.5) is 13.2 Å². The molecule has 0 unspecified atom stereocenters. The molecule has 11 heteroatoms. The van der Waals surface area contributed by atoms with Crippen molar-refractivity contribution in [2.24, 2.45) is 5.14 Å².